The summed E-state index contributed by atoms with van der Waals surface area (Å²) in [6.07, 6.45) is 1.94. The van der Waals surface area contributed by atoms with Crippen LogP contribution < -0.4 is 4.80 Å². The Morgan fingerprint density at radius 3 is 3.00 bits per heavy atom. The molecule has 1 amide bonds. The van der Waals surface area contributed by atoms with Gasteiger partial charge in [-0.15, -0.1) is 11.3 Å². The second-order valence-electron chi connectivity index (χ2n) is 3.76. The lowest BCUT2D eigenvalue weighted by atomic mass is 10.1. The van der Waals surface area contributed by atoms with Gasteiger partial charge in [-0.25, -0.2) is 0 Å². The minimum Gasteiger partial charge on any atom is -0.324 e. The summed E-state index contributed by atoms with van der Waals surface area (Å²) < 4.78 is 1.96. The monoisotopic (exact) mass is 246 g/mol. The molecule has 1 aromatic heterocycles. The highest BCUT2D eigenvalue weighted by Gasteiger charge is 2.04. The van der Waals surface area contributed by atoms with E-state index in [-0.39, 0.29) is 5.91 Å². The van der Waals surface area contributed by atoms with E-state index in [9.17, 15) is 4.79 Å². The molecule has 0 atom stereocenters. The fraction of sp³-hybridized carbons (Fsp3) is 0.231. The Morgan fingerprint density at radius 2 is 2.29 bits per heavy atom. The molecule has 0 aliphatic heterocycles. The number of hydrogen-bond donors (Lipinski definition) is 0. The molecule has 0 saturated heterocycles. The van der Waals surface area contributed by atoms with Gasteiger partial charge in [0.15, 0.2) is 4.80 Å². The van der Waals surface area contributed by atoms with Gasteiger partial charge in [-0.2, -0.15) is 4.99 Å². The topological polar surface area (TPSA) is 34.4 Å². The summed E-state index contributed by atoms with van der Waals surface area (Å²) in [5.41, 5.74) is 1.71. The third kappa shape index (κ3) is 2.71. The molecule has 0 N–H and O–H groups in total. The van der Waals surface area contributed by atoms with E-state index in [1.165, 1.54) is 11.3 Å². The van der Waals surface area contributed by atoms with Crippen LogP contribution in [0.4, 0.5) is 0 Å². The zero-order valence-corrected chi connectivity index (χ0v) is 10.7. The van der Waals surface area contributed by atoms with Gasteiger partial charge in [0.25, 0.3) is 5.91 Å². The average Bonchev–Trinajstić information content (AvgIpc) is 2.76. The fourth-order valence-electron chi connectivity index (χ4n) is 1.56. The number of carbonyl (C=O) groups is 1. The van der Waals surface area contributed by atoms with Crippen LogP contribution >= 0.6 is 11.3 Å². The lowest BCUT2D eigenvalue weighted by molar-refractivity contribution is 0.0997. The van der Waals surface area contributed by atoms with Crippen molar-refractivity contribution in [3.05, 3.63) is 51.8 Å². The summed E-state index contributed by atoms with van der Waals surface area (Å²) in [5, 5.41) is 1.94. The van der Waals surface area contributed by atoms with Crippen LogP contribution in [-0.2, 0) is 6.54 Å². The van der Waals surface area contributed by atoms with Gasteiger partial charge in [0.1, 0.15) is 0 Å². The van der Waals surface area contributed by atoms with E-state index < -0.39 is 0 Å². The van der Waals surface area contributed by atoms with Crippen LogP contribution in [0.25, 0.3) is 0 Å². The van der Waals surface area contributed by atoms with E-state index in [1.54, 1.807) is 6.07 Å². The second-order valence-corrected chi connectivity index (χ2v) is 4.63. The molecule has 3 nitrogen and oxygen atoms in total. The number of hydrogen-bond acceptors (Lipinski definition) is 2. The van der Waals surface area contributed by atoms with Crippen LogP contribution in [0.1, 0.15) is 22.8 Å². The van der Waals surface area contributed by atoms with E-state index in [1.807, 2.05) is 48.2 Å². The Balaban J connectivity index is 2.37. The third-order valence-corrected chi connectivity index (χ3v) is 3.26. The molecule has 0 aliphatic rings. The lowest BCUT2D eigenvalue weighted by Gasteiger charge is -1.98. The highest BCUT2D eigenvalue weighted by molar-refractivity contribution is 7.07. The van der Waals surface area contributed by atoms with Crippen LogP contribution in [0.15, 0.2) is 40.8 Å². The summed E-state index contributed by atoms with van der Waals surface area (Å²) in [6, 6.07) is 7.49. The van der Waals surface area contributed by atoms with Crippen molar-refractivity contribution >= 4 is 17.2 Å². The minimum absolute atomic E-state index is 0.182. The molecule has 4 heteroatoms. The van der Waals surface area contributed by atoms with E-state index in [0.29, 0.717) is 5.56 Å². The van der Waals surface area contributed by atoms with E-state index in [4.69, 9.17) is 0 Å². The predicted octanol–water partition coefficient (Wildman–Crippen LogP) is 2.62. The number of carbonyl (C=O) groups excluding carboxylic acids is 1. The number of aryl methyl sites for hydroxylation is 2. The van der Waals surface area contributed by atoms with Crippen LogP contribution in [0, 0.1) is 6.92 Å². The van der Waals surface area contributed by atoms with Crippen LogP contribution in [0.2, 0.25) is 0 Å². The summed E-state index contributed by atoms with van der Waals surface area (Å²) in [4.78, 5) is 16.9. The van der Waals surface area contributed by atoms with Crippen molar-refractivity contribution < 1.29 is 4.79 Å². The van der Waals surface area contributed by atoms with Crippen molar-refractivity contribution in [2.45, 2.75) is 20.4 Å². The molecule has 0 fully saturated rings. The highest BCUT2D eigenvalue weighted by Crippen LogP contribution is 2.05. The van der Waals surface area contributed by atoms with Gasteiger partial charge in [0.2, 0.25) is 0 Å². The maximum absolute atomic E-state index is 12.0. The SMILES string of the molecule is CCn1ccsc1=NC(=O)c1cccc(C)c1. The van der Waals surface area contributed by atoms with Crippen molar-refractivity contribution in [1.82, 2.24) is 4.57 Å². The molecule has 88 valence electrons. The Bertz CT molecular complexity index is 595. The zero-order chi connectivity index (χ0) is 12.3. The van der Waals surface area contributed by atoms with Crippen LogP contribution in [-0.4, -0.2) is 10.5 Å². The molecule has 0 bridgehead atoms. The fourth-order valence-corrected chi connectivity index (χ4v) is 2.35. The van der Waals surface area contributed by atoms with Gasteiger partial charge in [-0.1, -0.05) is 17.7 Å². The van der Waals surface area contributed by atoms with Crippen LogP contribution in [0.5, 0.6) is 0 Å². The summed E-state index contributed by atoms with van der Waals surface area (Å²) in [5.74, 6) is -0.182. The van der Waals surface area contributed by atoms with Crippen molar-refractivity contribution in [3.63, 3.8) is 0 Å². The maximum atomic E-state index is 12.0. The third-order valence-electron chi connectivity index (χ3n) is 2.46. The molecular weight excluding hydrogens is 232 g/mol. The minimum atomic E-state index is -0.182. The molecule has 0 radical (unpaired) electrons. The van der Waals surface area contributed by atoms with E-state index in [0.717, 1.165) is 16.9 Å². The van der Waals surface area contributed by atoms with Gasteiger partial charge < -0.3 is 4.57 Å². The van der Waals surface area contributed by atoms with Crippen molar-refractivity contribution in [1.29, 1.82) is 0 Å². The highest BCUT2D eigenvalue weighted by atomic mass is 32.1. The average molecular weight is 246 g/mol. The first kappa shape index (κ1) is 11.8. The number of rotatable bonds is 2. The summed E-state index contributed by atoms with van der Waals surface area (Å²) in [7, 11) is 0. The Morgan fingerprint density at radius 1 is 1.47 bits per heavy atom. The van der Waals surface area contributed by atoms with Crippen LogP contribution in [0.3, 0.4) is 0 Å². The number of thiazole rings is 1. The smallest absolute Gasteiger partial charge is 0.279 e. The molecule has 1 heterocycles. The van der Waals surface area contributed by atoms with Gasteiger partial charge >= 0.3 is 0 Å². The molecule has 1 aromatic carbocycles. The number of aromatic nitrogens is 1. The maximum Gasteiger partial charge on any atom is 0.279 e. The number of amides is 1. The Hall–Kier alpha value is -1.68. The quantitative estimate of drug-likeness (QED) is 0.802. The number of benzene rings is 1. The van der Waals surface area contributed by atoms with Crippen molar-refractivity contribution in [3.8, 4) is 0 Å². The first-order valence-corrected chi connectivity index (χ1v) is 6.38. The van der Waals surface area contributed by atoms with Gasteiger partial charge in [-0.05, 0) is 26.0 Å². The molecule has 2 rings (SSSR count). The molecule has 0 spiro atoms. The summed E-state index contributed by atoms with van der Waals surface area (Å²) >= 11 is 1.48. The first-order chi connectivity index (χ1) is 8.20. The molecule has 17 heavy (non-hydrogen) atoms. The molecular formula is C13H14N2OS. The van der Waals surface area contributed by atoms with Crippen molar-refractivity contribution in [2.24, 2.45) is 4.99 Å². The molecule has 0 saturated carbocycles. The first-order valence-electron chi connectivity index (χ1n) is 5.50. The molecule has 0 unspecified atom stereocenters. The Kier molecular flexibility index (Phi) is 3.54. The van der Waals surface area contributed by atoms with Gasteiger partial charge in [0, 0.05) is 23.7 Å². The summed E-state index contributed by atoms with van der Waals surface area (Å²) in [6.45, 7) is 4.82. The Labute approximate surface area is 104 Å². The molecule has 2 aromatic rings. The lowest BCUT2D eigenvalue weighted by Crippen LogP contribution is -2.15. The van der Waals surface area contributed by atoms with Gasteiger partial charge in [0.05, 0.1) is 0 Å². The predicted molar refractivity (Wildman–Crippen MR) is 69.1 cm³/mol. The normalized spacial score (nSPS) is 11.8. The van der Waals surface area contributed by atoms with Crippen molar-refractivity contribution in [2.75, 3.05) is 0 Å². The van der Waals surface area contributed by atoms with E-state index in [2.05, 4.69) is 4.99 Å². The second kappa shape index (κ2) is 5.10. The number of nitrogens with zero attached hydrogens (tertiary/aromatic N) is 2. The molecule has 0 aliphatic carbocycles. The largest absolute Gasteiger partial charge is 0.324 e. The zero-order valence-electron chi connectivity index (χ0n) is 9.88. The standard InChI is InChI=1S/C13H14N2OS/c1-3-15-7-8-17-13(15)14-12(16)11-6-4-5-10(2)9-11/h4-9H,3H2,1-2H3. The van der Waals surface area contributed by atoms with Gasteiger partial charge in [-0.3, -0.25) is 4.79 Å². The van der Waals surface area contributed by atoms with E-state index >= 15 is 0 Å².